The lowest BCUT2D eigenvalue weighted by Crippen LogP contribution is -1.98. The van der Waals surface area contributed by atoms with Gasteiger partial charge < -0.3 is 4.31 Å². The highest BCUT2D eigenvalue weighted by molar-refractivity contribution is 7.78. The van der Waals surface area contributed by atoms with E-state index in [2.05, 4.69) is 23.0 Å². The molecule has 0 bridgehead atoms. The highest BCUT2D eigenvalue weighted by Gasteiger charge is 1.71. The van der Waals surface area contributed by atoms with Crippen LogP contribution in [-0.4, -0.2) is 23.9 Å². The van der Waals surface area contributed by atoms with Crippen LogP contribution in [-0.2, 0) is 0 Å². The molecule has 3 nitrogen and oxygen atoms in total. The predicted octanol–water partition coefficient (Wildman–Crippen LogP) is 0.797. The third kappa shape index (κ3) is 5.49. The monoisotopic (exact) mass is 131 g/mol. The summed E-state index contributed by atoms with van der Waals surface area (Å²) in [4.78, 5) is 0. The van der Waals surface area contributed by atoms with Gasteiger partial charge in [0.15, 0.2) is 0 Å². The van der Waals surface area contributed by atoms with E-state index in [0.717, 1.165) is 0 Å². The van der Waals surface area contributed by atoms with E-state index in [1.807, 2.05) is 0 Å². The van der Waals surface area contributed by atoms with Gasteiger partial charge in [-0.3, -0.25) is 0 Å². The summed E-state index contributed by atoms with van der Waals surface area (Å²) in [5.74, 6) is 0. The van der Waals surface area contributed by atoms with Crippen molar-refractivity contribution < 1.29 is 0 Å². The smallest absolute Gasteiger partial charge is 0.123 e. The van der Waals surface area contributed by atoms with Crippen molar-refractivity contribution in [3.63, 3.8) is 0 Å². The van der Waals surface area contributed by atoms with Crippen LogP contribution >= 0.6 is 12.8 Å². The summed E-state index contributed by atoms with van der Waals surface area (Å²) in [5, 5.41) is 7.15. The minimum atomic E-state index is 1.50. The SMILES string of the molecule is C/C=N\N=C/N(C)S. The topological polar surface area (TPSA) is 28.0 Å². The summed E-state index contributed by atoms with van der Waals surface area (Å²) in [7, 11) is 1.76. The van der Waals surface area contributed by atoms with Gasteiger partial charge in [0, 0.05) is 13.3 Å². The fraction of sp³-hybridized carbons (Fsp3) is 0.500. The number of hydrogen-bond donors (Lipinski definition) is 1. The average molecular weight is 131 g/mol. The third-order valence-corrected chi connectivity index (χ3v) is 0.504. The van der Waals surface area contributed by atoms with Gasteiger partial charge in [-0.05, 0) is 6.92 Å². The van der Waals surface area contributed by atoms with Gasteiger partial charge >= 0.3 is 0 Å². The van der Waals surface area contributed by atoms with E-state index in [1.54, 1.807) is 20.2 Å². The molecule has 0 spiro atoms. The van der Waals surface area contributed by atoms with Gasteiger partial charge in [0.05, 0.1) is 0 Å². The number of rotatable bonds is 2. The standard InChI is InChI=1S/C4H9N3S/c1-3-5-6-4-7(2)8/h3-4,8H,1-2H3/b5-3-,6-4-. The van der Waals surface area contributed by atoms with Gasteiger partial charge in [0.2, 0.25) is 0 Å². The van der Waals surface area contributed by atoms with Crippen molar-refractivity contribution in [2.24, 2.45) is 10.2 Å². The Morgan fingerprint density at radius 2 is 2.12 bits per heavy atom. The average Bonchev–Trinajstić information content (AvgIpc) is 1.66. The molecule has 0 aliphatic carbocycles. The largest absolute Gasteiger partial charge is 0.311 e. The first-order valence-electron chi connectivity index (χ1n) is 2.20. The highest BCUT2D eigenvalue weighted by Crippen LogP contribution is 1.78. The first kappa shape index (κ1) is 7.49. The molecule has 0 aliphatic rings. The van der Waals surface area contributed by atoms with Crippen molar-refractivity contribution in [1.82, 2.24) is 4.31 Å². The van der Waals surface area contributed by atoms with Gasteiger partial charge in [-0.2, -0.15) is 5.10 Å². The van der Waals surface area contributed by atoms with E-state index in [0.29, 0.717) is 0 Å². The van der Waals surface area contributed by atoms with Crippen LogP contribution < -0.4 is 0 Å². The van der Waals surface area contributed by atoms with E-state index < -0.39 is 0 Å². The molecule has 8 heavy (non-hydrogen) atoms. The molecular weight excluding hydrogens is 122 g/mol. The summed E-state index contributed by atoms with van der Waals surface area (Å²) in [6, 6.07) is 0. The van der Waals surface area contributed by atoms with Crippen molar-refractivity contribution >= 4 is 25.4 Å². The van der Waals surface area contributed by atoms with Crippen molar-refractivity contribution in [2.45, 2.75) is 6.92 Å². The summed E-state index contributed by atoms with van der Waals surface area (Å²) in [5.41, 5.74) is 0. The first-order chi connectivity index (χ1) is 3.77. The molecule has 0 saturated carbocycles. The Hall–Kier alpha value is -0.510. The fourth-order valence-corrected chi connectivity index (χ4v) is 0.217. The van der Waals surface area contributed by atoms with Crippen LogP contribution in [0.15, 0.2) is 10.2 Å². The van der Waals surface area contributed by atoms with Crippen LogP contribution in [0.5, 0.6) is 0 Å². The zero-order chi connectivity index (χ0) is 6.41. The Morgan fingerprint density at radius 3 is 2.50 bits per heavy atom. The van der Waals surface area contributed by atoms with Gasteiger partial charge in [-0.25, -0.2) is 0 Å². The maximum absolute atomic E-state index is 3.88. The van der Waals surface area contributed by atoms with E-state index >= 15 is 0 Å². The molecular formula is C4H9N3S. The molecule has 0 unspecified atom stereocenters. The third-order valence-electron chi connectivity index (χ3n) is 0.401. The van der Waals surface area contributed by atoms with Crippen LogP contribution in [0.4, 0.5) is 0 Å². The molecule has 0 atom stereocenters. The lowest BCUT2D eigenvalue weighted by Gasteiger charge is -1.96. The molecule has 46 valence electrons. The van der Waals surface area contributed by atoms with Crippen molar-refractivity contribution in [3.8, 4) is 0 Å². The second kappa shape index (κ2) is 4.64. The van der Waals surface area contributed by atoms with Crippen molar-refractivity contribution in [1.29, 1.82) is 0 Å². The van der Waals surface area contributed by atoms with E-state index in [1.165, 1.54) is 10.6 Å². The number of nitrogens with zero attached hydrogens (tertiary/aromatic N) is 3. The molecule has 0 aliphatic heterocycles. The summed E-state index contributed by atoms with van der Waals surface area (Å²) < 4.78 is 1.52. The van der Waals surface area contributed by atoms with Crippen molar-refractivity contribution in [3.05, 3.63) is 0 Å². The van der Waals surface area contributed by atoms with Crippen molar-refractivity contribution in [2.75, 3.05) is 7.05 Å². The van der Waals surface area contributed by atoms with Crippen LogP contribution in [0.2, 0.25) is 0 Å². The van der Waals surface area contributed by atoms with Gasteiger partial charge in [-0.1, -0.05) is 12.8 Å². The molecule has 0 radical (unpaired) electrons. The Bertz CT molecular complexity index is 97.5. The van der Waals surface area contributed by atoms with Crippen LogP contribution in [0.1, 0.15) is 6.92 Å². The molecule has 0 amide bonds. The lowest BCUT2D eigenvalue weighted by atomic mass is 10.9. The fourth-order valence-electron chi connectivity index (χ4n) is 0.171. The number of thiol groups is 1. The van der Waals surface area contributed by atoms with E-state index in [-0.39, 0.29) is 0 Å². The maximum Gasteiger partial charge on any atom is 0.123 e. The van der Waals surface area contributed by atoms with E-state index in [9.17, 15) is 0 Å². The molecule has 0 aromatic rings. The zero-order valence-electron chi connectivity index (χ0n) is 4.94. The van der Waals surface area contributed by atoms with Gasteiger partial charge in [-0.15, -0.1) is 5.10 Å². The summed E-state index contributed by atoms with van der Waals surface area (Å²) >= 11 is 3.88. The summed E-state index contributed by atoms with van der Waals surface area (Å²) in [6.07, 6.45) is 3.11. The summed E-state index contributed by atoms with van der Waals surface area (Å²) in [6.45, 7) is 1.80. The lowest BCUT2D eigenvalue weighted by molar-refractivity contribution is 0.876. The van der Waals surface area contributed by atoms with Crippen LogP contribution in [0.3, 0.4) is 0 Å². The molecule has 0 saturated heterocycles. The quantitative estimate of drug-likeness (QED) is 0.255. The zero-order valence-corrected chi connectivity index (χ0v) is 5.84. The predicted molar refractivity (Wildman–Crippen MR) is 39.4 cm³/mol. The van der Waals surface area contributed by atoms with Crippen LogP contribution in [0.25, 0.3) is 0 Å². The second-order valence-corrected chi connectivity index (χ2v) is 1.81. The second-order valence-electron chi connectivity index (χ2n) is 1.18. The Kier molecular flexibility index (Phi) is 4.35. The van der Waals surface area contributed by atoms with Gasteiger partial charge in [0.1, 0.15) is 6.34 Å². The minimum Gasteiger partial charge on any atom is -0.311 e. The Balaban J connectivity index is 3.34. The van der Waals surface area contributed by atoms with E-state index in [4.69, 9.17) is 0 Å². The first-order valence-corrected chi connectivity index (χ1v) is 2.60. The molecule has 0 aromatic heterocycles. The normalized spacial score (nSPS) is 11.4. The molecule has 0 fully saturated rings. The molecule has 0 N–H and O–H groups in total. The molecule has 0 aromatic carbocycles. The Labute approximate surface area is 54.6 Å². The minimum absolute atomic E-state index is 1.50. The number of hydrogen-bond acceptors (Lipinski definition) is 3. The highest BCUT2D eigenvalue weighted by atomic mass is 32.1. The Morgan fingerprint density at radius 1 is 1.50 bits per heavy atom. The van der Waals surface area contributed by atoms with Gasteiger partial charge in [0.25, 0.3) is 0 Å². The molecule has 0 rings (SSSR count). The molecule has 4 heteroatoms. The van der Waals surface area contributed by atoms with Crippen LogP contribution in [0, 0.1) is 0 Å². The molecule has 0 heterocycles. The maximum atomic E-state index is 3.88.